The molecule has 1 aromatic heterocycles. The highest BCUT2D eigenvalue weighted by Crippen LogP contribution is 2.28. The normalized spacial score (nSPS) is 21.7. The summed E-state index contributed by atoms with van der Waals surface area (Å²) in [6, 6.07) is 18.2. The Hall–Kier alpha value is -3.84. The molecule has 0 unspecified atom stereocenters. The van der Waals surface area contributed by atoms with Crippen LogP contribution in [0.4, 0.5) is 24.8 Å². The van der Waals surface area contributed by atoms with Gasteiger partial charge in [0.2, 0.25) is 5.95 Å². The van der Waals surface area contributed by atoms with Crippen LogP contribution in [0.15, 0.2) is 60.8 Å². The molecule has 2 aliphatic rings. The Morgan fingerprint density at radius 1 is 0.923 bits per heavy atom. The smallest absolute Gasteiger partial charge is 0.406 e. The first-order valence-electron chi connectivity index (χ1n) is 13.3. The third kappa shape index (κ3) is 7.18. The lowest BCUT2D eigenvalue weighted by Crippen LogP contribution is -2.55. The van der Waals surface area contributed by atoms with Crippen LogP contribution in [0.1, 0.15) is 44.1 Å². The fraction of sp³-hybridized carbons (Fsp3) is 0.414. The van der Waals surface area contributed by atoms with E-state index >= 15 is 0 Å². The summed E-state index contributed by atoms with van der Waals surface area (Å²) in [6.07, 6.45) is 3.49. The molecule has 1 saturated heterocycles. The van der Waals surface area contributed by atoms with Crippen LogP contribution in [0, 0.1) is 11.3 Å². The summed E-state index contributed by atoms with van der Waals surface area (Å²) in [5, 5.41) is 16.5. The Bertz CT molecular complexity index is 1280. The van der Waals surface area contributed by atoms with E-state index in [-0.39, 0.29) is 17.8 Å². The van der Waals surface area contributed by atoms with Gasteiger partial charge in [0, 0.05) is 48.7 Å². The number of nitrogens with one attached hydrogen (secondary N) is 2. The van der Waals surface area contributed by atoms with E-state index < -0.39 is 6.36 Å². The Morgan fingerprint density at radius 3 is 2.38 bits per heavy atom. The van der Waals surface area contributed by atoms with Gasteiger partial charge in [0.1, 0.15) is 5.75 Å². The van der Waals surface area contributed by atoms with Crippen LogP contribution >= 0.6 is 0 Å². The van der Waals surface area contributed by atoms with Crippen molar-refractivity contribution in [3.8, 4) is 23.1 Å². The molecule has 0 bridgehead atoms. The molecule has 204 valence electrons. The molecule has 1 aliphatic carbocycles. The van der Waals surface area contributed by atoms with Crippen molar-refractivity contribution in [1.82, 2.24) is 15.3 Å². The van der Waals surface area contributed by atoms with Crippen molar-refractivity contribution in [1.29, 1.82) is 5.26 Å². The summed E-state index contributed by atoms with van der Waals surface area (Å²) < 4.78 is 41.4. The van der Waals surface area contributed by atoms with Crippen molar-refractivity contribution in [2.45, 2.75) is 63.0 Å². The van der Waals surface area contributed by atoms with Crippen molar-refractivity contribution in [2.75, 3.05) is 23.3 Å². The molecule has 2 aromatic carbocycles. The third-order valence-corrected chi connectivity index (χ3v) is 7.35. The fourth-order valence-corrected chi connectivity index (χ4v) is 5.48. The van der Waals surface area contributed by atoms with Crippen LogP contribution < -0.4 is 20.3 Å². The number of anilines is 2. The number of hydrogen-bond acceptors (Lipinski definition) is 7. The maximum Gasteiger partial charge on any atom is 0.573 e. The predicted octanol–water partition coefficient (Wildman–Crippen LogP) is 5.90. The number of hydrogen-bond donors (Lipinski definition) is 2. The number of ether oxygens (including phenoxy) is 1. The van der Waals surface area contributed by atoms with Crippen LogP contribution in [0.5, 0.6) is 5.75 Å². The van der Waals surface area contributed by atoms with E-state index in [9.17, 15) is 13.2 Å². The molecule has 10 heteroatoms. The standard InChI is InChI=1S/C29H31F3N6O/c30-29(31,32)39-24-13-9-21(10-14-24)25-15-16-34-28(36-25)37-27-6-2-1-5-26(27)35-22-4-3-17-38(19-22)23-11-7-20(18-33)8-12-23/h7-16,22,26-27,35H,1-6,17,19H2,(H,34,36,37)/t22-,26+,27+/m0/s1. The minimum absolute atomic E-state index is 0.168. The van der Waals surface area contributed by atoms with Gasteiger partial charge >= 0.3 is 6.36 Å². The Morgan fingerprint density at radius 2 is 1.67 bits per heavy atom. The van der Waals surface area contributed by atoms with E-state index in [1.54, 1.807) is 24.4 Å². The van der Waals surface area contributed by atoms with Crippen molar-refractivity contribution in [3.63, 3.8) is 0 Å². The highest BCUT2D eigenvalue weighted by Gasteiger charge is 2.31. The maximum atomic E-state index is 12.5. The summed E-state index contributed by atoms with van der Waals surface area (Å²) in [6.45, 7) is 1.91. The largest absolute Gasteiger partial charge is 0.573 e. The lowest BCUT2D eigenvalue weighted by Gasteiger charge is -2.40. The number of aromatic nitrogens is 2. The predicted molar refractivity (Wildman–Crippen MR) is 143 cm³/mol. The monoisotopic (exact) mass is 536 g/mol. The van der Waals surface area contributed by atoms with Crippen LogP contribution in [-0.4, -0.2) is 47.5 Å². The zero-order valence-electron chi connectivity index (χ0n) is 21.5. The van der Waals surface area contributed by atoms with Gasteiger partial charge in [-0.2, -0.15) is 5.26 Å². The SMILES string of the molecule is N#Cc1ccc(N2CCC[C@H](N[C@@H]3CCCC[C@H]3Nc3nccc(-c4ccc(OC(F)(F)F)cc4)n3)C2)cc1. The summed E-state index contributed by atoms with van der Waals surface area (Å²) >= 11 is 0. The molecule has 2 fully saturated rings. The van der Waals surface area contributed by atoms with Crippen molar-refractivity contribution < 1.29 is 17.9 Å². The van der Waals surface area contributed by atoms with Gasteiger partial charge in [-0.25, -0.2) is 9.97 Å². The van der Waals surface area contributed by atoms with Crippen molar-refractivity contribution in [3.05, 3.63) is 66.4 Å². The van der Waals surface area contributed by atoms with E-state index in [0.717, 1.165) is 57.3 Å². The summed E-state index contributed by atoms with van der Waals surface area (Å²) in [4.78, 5) is 11.4. The highest BCUT2D eigenvalue weighted by molar-refractivity contribution is 5.61. The minimum Gasteiger partial charge on any atom is -0.406 e. The number of nitriles is 1. The summed E-state index contributed by atoms with van der Waals surface area (Å²) in [5.74, 6) is 0.236. The molecule has 0 radical (unpaired) electrons. The Kier molecular flexibility index (Phi) is 8.17. The molecule has 39 heavy (non-hydrogen) atoms. The first-order chi connectivity index (χ1) is 18.9. The molecule has 3 aromatic rings. The second-order valence-corrected chi connectivity index (χ2v) is 10.1. The zero-order valence-corrected chi connectivity index (χ0v) is 21.5. The van der Waals surface area contributed by atoms with Crippen LogP contribution in [-0.2, 0) is 0 Å². The lowest BCUT2D eigenvalue weighted by molar-refractivity contribution is -0.274. The molecular formula is C29H31F3N6O. The van der Waals surface area contributed by atoms with Gasteiger partial charge in [0.15, 0.2) is 0 Å². The van der Waals surface area contributed by atoms with Crippen LogP contribution in [0.3, 0.4) is 0 Å². The summed E-state index contributed by atoms with van der Waals surface area (Å²) in [7, 11) is 0. The van der Waals surface area contributed by atoms with Gasteiger partial charge < -0.3 is 20.3 Å². The molecule has 0 spiro atoms. The molecular weight excluding hydrogens is 505 g/mol. The van der Waals surface area contributed by atoms with Gasteiger partial charge in [0.25, 0.3) is 0 Å². The number of piperidine rings is 1. The van der Waals surface area contributed by atoms with Gasteiger partial charge in [0.05, 0.1) is 17.3 Å². The second kappa shape index (κ2) is 11.9. The average molecular weight is 537 g/mol. The molecule has 7 nitrogen and oxygen atoms in total. The zero-order chi connectivity index (χ0) is 27.2. The molecule has 2 heterocycles. The van der Waals surface area contributed by atoms with Crippen molar-refractivity contribution >= 4 is 11.6 Å². The molecule has 2 N–H and O–H groups in total. The number of nitrogens with zero attached hydrogens (tertiary/aromatic N) is 4. The number of halogens is 3. The molecule has 5 rings (SSSR count). The van der Waals surface area contributed by atoms with Gasteiger partial charge in [-0.3, -0.25) is 0 Å². The molecule has 0 amide bonds. The first-order valence-corrected chi connectivity index (χ1v) is 13.3. The van der Waals surface area contributed by atoms with E-state index in [1.807, 2.05) is 24.3 Å². The van der Waals surface area contributed by atoms with Crippen LogP contribution in [0.2, 0.25) is 0 Å². The van der Waals surface area contributed by atoms with E-state index in [0.29, 0.717) is 28.8 Å². The van der Waals surface area contributed by atoms with E-state index in [1.165, 1.54) is 12.1 Å². The van der Waals surface area contributed by atoms with Gasteiger partial charge in [-0.1, -0.05) is 12.8 Å². The quantitative estimate of drug-likeness (QED) is 0.389. The van der Waals surface area contributed by atoms with E-state index in [4.69, 9.17) is 5.26 Å². The van der Waals surface area contributed by atoms with E-state index in [2.05, 4.69) is 36.3 Å². The third-order valence-electron chi connectivity index (χ3n) is 7.35. The topological polar surface area (TPSA) is 86.1 Å². The fourth-order valence-electron chi connectivity index (χ4n) is 5.48. The lowest BCUT2D eigenvalue weighted by atomic mass is 9.89. The first kappa shape index (κ1) is 26.8. The second-order valence-electron chi connectivity index (χ2n) is 10.1. The Labute approximate surface area is 226 Å². The highest BCUT2D eigenvalue weighted by atomic mass is 19.4. The number of benzene rings is 2. The average Bonchev–Trinajstić information content (AvgIpc) is 2.94. The number of rotatable bonds is 7. The van der Waals surface area contributed by atoms with Gasteiger partial charge in [-0.05, 0) is 80.3 Å². The van der Waals surface area contributed by atoms with Crippen molar-refractivity contribution in [2.24, 2.45) is 0 Å². The molecule has 1 aliphatic heterocycles. The maximum absolute atomic E-state index is 12.5. The number of alkyl halides is 3. The minimum atomic E-state index is -4.72. The summed E-state index contributed by atoms with van der Waals surface area (Å²) in [5.41, 5.74) is 3.11. The molecule has 1 saturated carbocycles. The Balaban J connectivity index is 1.22. The van der Waals surface area contributed by atoms with Crippen LogP contribution in [0.25, 0.3) is 11.3 Å². The van der Waals surface area contributed by atoms with Gasteiger partial charge in [-0.15, -0.1) is 13.2 Å². The molecule has 3 atom stereocenters.